The molecule has 1 aliphatic heterocycles. The Bertz CT molecular complexity index is 1400. The summed E-state index contributed by atoms with van der Waals surface area (Å²) in [6.07, 6.45) is 0.0883. The lowest BCUT2D eigenvalue weighted by Crippen LogP contribution is -2.41. The minimum atomic E-state index is -4.06. The topological polar surface area (TPSA) is 92.8 Å². The van der Waals surface area contributed by atoms with Crippen LogP contribution < -0.4 is 5.32 Å². The van der Waals surface area contributed by atoms with Gasteiger partial charge in [-0.1, -0.05) is 35.9 Å². The Kier molecular flexibility index (Phi) is 7.67. The highest BCUT2D eigenvalue weighted by atomic mass is 35.5. The van der Waals surface area contributed by atoms with Crippen molar-refractivity contribution >= 4 is 39.2 Å². The number of ether oxygens (including phenoxy) is 1. The molecule has 3 aromatic rings. The number of hydrogen-bond acceptors (Lipinski definition) is 5. The second kappa shape index (κ2) is 10.7. The lowest BCUT2D eigenvalue weighted by Gasteiger charge is -2.36. The first-order valence-electron chi connectivity index (χ1n) is 10.9. The first-order chi connectivity index (χ1) is 17.1. The number of sulfonamides is 1. The SMILES string of the molecule is O=C(COC(=O)CC1c2ccccc2CCN1S(=O)(=O)c1ccc(F)cc1)Nc1ccc(F)cc1Cl. The Labute approximate surface area is 211 Å². The zero-order valence-corrected chi connectivity index (χ0v) is 20.4. The third kappa shape index (κ3) is 5.72. The number of fused-ring (bicyclic) bond motifs is 1. The number of hydrogen-bond donors (Lipinski definition) is 1. The van der Waals surface area contributed by atoms with E-state index < -0.39 is 46.2 Å². The van der Waals surface area contributed by atoms with E-state index in [9.17, 15) is 26.8 Å². The number of rotatable bonds is 7. The Morgan fingerprint density at radius 2 is 1.72 bits per heavy atom. The van der Waals surface area contributed by atoms with E-state index in [1.165, 1.54) is 22.5 Å². The number of nitrogens with zero attached hydrogens (tertiary/aromatic N) is 1. The van der Waals surface area contributed by atoms with Crippen molar-refractivity contribution < 1.29 is 31.5 Å². The second-order valence-corrected chi connectivity index (χ2v) is 10.4. The van der Waals surface area contributed by atoms with Crippen LogP contribution in [0.1, 0.15) is 23.6 Å². The van der Waals surface area contributed by atoms with E-state index in [-0.39, 0.29) is 28.6 Å². The van der Waals surface area contributed by atoms with E-state index in [1.54, 1.807) is 12.1 Å². The monoisotopic (exact) mass is 534 g/mol. The molecule has 0 spiro atoms. The van der Waals surface area contributed by atoms with Crippen molar-refractivity contribution in [2.45, 2.75) is 23.8 Å². The number of amides is 1. The molecule has 3 aromatic carbocycles. The summed E-state index contributed by atoms with van der Waals surface area (Å²) in [5, 5.41) is 2.40. The highest BCUT2D eigenvalue weighted by molar-refractivity contribution is 7.89. The van der Waals surface area contributed by atoms with Gasteiger partial charge in [0.25, 0.3) is 5.91 Å². The number of carbonyl (C=O) groups excluding carboxylic acids is 2. The van der Waals surface area contributed by atoms with Crippen molar-refractivity contribution in [3.63, 3.8) is 0 Å². The van der Waals surface area contributed by atoms with E-state index >= 15 is 0 Å². The summed E-state index contributed by atoms with van der Waals surface area (Å²) in [6, 6.07) is 14.1. The summed E-state index contributed by atoms with van der Waals surface area (Å²) < 4.78 is 59.6. The molecule has 11 heteroatoms. The first kappa shape index (κ1) is 25.7. The summed E-state index contributed by atoms with van der Waals surface area (Å²) in [5.41, 5.74) is 1.69. The van der Waals surface area contributed by atoms with E-state index in [1.807, 2.05) is 12.1 Å². The maximum Gasteiger partial charge on any atom is 0.308 e. The summed E-state index contributed by atoms with van der Waals surface area (Å²) in [6.45, 7) is -0.538. The van der Waals surface area contributed by atoms with Crippen LogP contribution in [0.3, 0.4) is 0 Å². The molecule has 0 aromatic heterocycles. The molecule has 36 heavy (non-hydrogen) atoms. The van der Waals surface area contributed by atoms with Gasteiger partial charge in [0.05, 0.1) is 28.1 Å². The van der Waals surface area contributed by atoms with Gasteiger partial charge in [-0.25, -0.2) is 17.2 Å². The third-order valence-corrected chi connectivity index (χ3v) is 7.95. The van der Waals surface area contributed by atoms with Crippen molar-refractivity contribution in [1.29, 1.82) is 0 Å². The fourth-order valence-electron chi connectivity index (χ4n) is 4.01. The molecular weight excluding hydrogens is 514 g/mol. The van der Waals surface area contributed by atoms with Crippen LogP contribution in [0.4, 0.5) is 14.5 Å². The third-order valence-electron chi connectivity index (χ3n) is 5.71. The summed E-state index contributed by atoms with van der Waals surface area (Å²) in [5.74, 6) is -2.64. The molecule has 1 amide bonds. The Morgan fingerprint density at radius 3 is 2.44 bits per heavy atom. The maximum atomic E-state index is 13.4. The molecule has 1 aliphatic rings. The quantitative estimate of drug-likeness (QED) is 0.451. The molecule has 1 N–H and O–H groups in total. The Morgan fingerprint density at radius 1 is 1.03 bits per heavy atom. The Balaban J connectivity index is 1.49. The van der Waals surface area contributed by atoms with E-state index in [2.05, 4.69) is 5.32 Å². The van der Waals surface area contributed by atoms with Crippen LogP contribution >= 0.6 is 11.6 Å². The van der Waals surface area contributed by atoms with E-state index in [0.717, 1.165) is 29.8 Å². The lowest BCUT2D eigenvalue weighted by molar-refractivity contribution is -0.148. The van der Waals surface area contributed by atoms with E-state index in [0.29, 0.717) is 12.0 Å². The number of anilines is 1. The molecule has 0 fully saturated rings. The minimum absolute atomic E-state index is 0.0184. The van der Waals surface area contributed by atoms with Crippen molar-refractivity contribution in [2.75, 3.05) is 18.5 Å². The van der Waals surface area contributed by atoms with Crippen molar-refractivity contribution in [3.05, 3.63) is 94.5 Å². The minimum Gasteiger partial charge on any atom is -0.456 e. The fourth-order valence-corrected chi connectivity index (χ4v) is 5.83. The van der Waals surface area contributed by atoms with Crippen molar-refractivity contribution in [3.8, 4) is 0 Å². The number of benzene rings is 3. The predicted octanol–water partition coefficient (Wildman–Crippen LogP) is 4.48. The molecular formula is C25H21ClF2N2O5S. The van der Waals surface area contributed by atoms with Crippen LogP contribution in [0, 0.1) is 11.6 Å². The summed E-state index contributed by atoms with van der Waals surface area (Å²) in [4.78, 5) is 24.8. The largest absolute Gasteiger partial charge is 0.456 e. The van der Waals surface area contributed by atoms with Crippen LogP contribution in [0.2, 0.25) is 5.02 Å². The molecule has 0 aliphatic carbocycles. The van der Waals surface area contributed by atoms with Gasteiger partial charge in [-0.15, -0.1) is 0 Å². The molecule has 0 saturated heterocycles. The standard InChI is InChI=1S/C25H21ClF2N2O5S/c26-21-13-18(28)7-10-22(21)29-24(31)15-35-25(32)14-23-20-4-2-1-3-16(20)11-12-30(23)36(33,34)19-8-5-17(27)6-9-19/h1-10,13,23H,11-12,14-15H2,(H,29,31). The van der Waals surface area contributed by atoms with Gasteiger partial charge in [0.2, 0.25) is 10.0 Å². The highest BCUT2D eigenvalue weighted by Crippen LogP contribution is 2.36. The molecule has 0 saturated carbocycles. The average molecular weight is 535 g/mol. The van der Waals surface area contributed by atoms with Gasteiger partial charge in [-0.05, 0) is 60.0 Å². The molecule has 4 rings (SSSR count). The average Bonchev–Trinajstić information content (AvgIpc) is 2.85. The second-order valence-electron chi connectivity index (χ2n) is 8.07. The van der Waals surface area contributed by atoms with Crippen LogP contribution in [0.15, 0.2) is 71.6 Å². The molecule has 0 radical (unpaired) electrons. The zero-order valence-electron chi connectivity index (χ0n) is 18.8. The van der Waals surface area contributed by atoms with Gasteiger partial charge in [0.15, 0.2) is 6.61 Å². The highest BCUT2D eigenvalue weighted by Gasteiger charge is 2.38. The van der Waals surface area contributed by atoms with E-state index in [4.69, 9.17) is 16.3 Å². The predicted molar refractivity (Wildman–Crippen MR) is 129 cm³/mol. The Hall–Kier alpha value is -3.34. The fraction of sp³-hybridized carbons (Fsp3) is 0.200. The van der Waals surface area contributed by atoms with Crippen LogP contribution in [-0.4, -0.2) is 37.8 Å². The number of halogens is 3. The van der Waals surface area contributed by atoms with Gasteiger partial charge < -0.3 is 10.1 Å². The van der Waals surface area contributed by atoms with Gasteiger partial charge in [-0.2, -0.15) is 4.31 Å². The van der Waals surface area contributed by atoms with Crippen molar-refractivity contribution in [2.24, 2.45) is 0 Å². The number of carbonyl (C=O) groups is 2. The lowest BCUT2D eigenvalue weighted by atomic mass is 9.92. The summed E-state index contributed by atoms with van der Waals surface area (Å²) >= 11 is 5.89. The van der Waals surface area contributed by atoms with Gasteiger partial charge in [0.1, 0.15) is 11.6 Å². The summed E-state index contributed by atoms with van der Waals surface area (Å²) in [7, 11) is -4.06. The normalized spacial score (nSPS) is 15.7. The molecule has 1 heterocycles. The van der Waals surface area contributed by atoms with Crippen molar-refractivity contribution in [1.82, 2.24) is 4.31 Å². The first-order valence-corrected chi connectivity index (χ1v) is 12.7. The molecule has 0 bridgehead atoms. The van der Waals surface area contributed by atoms with Crippen LogP contribution in [0.5, 0.6) is 0 Å². The molecule has 7 nitrogen and oxygen atoms in total. The van der Waals surface area contributed by atoms with Gasteiger partial charge in [-0.3, -0.25) is 9.59 Å². The smallest absolute Gasteiger partial charge is 0.308 e. The molecule has 1 unspecified atom stereocenters. The molecule has 1 atom stereocenters. The van der Waals surface area contributed by atoms with Gasteiger partial charge >= 0.3 is 5.97 Å². The zero-order chi connectivity index (χ0) is 25.9. The number of esters is 1. The van der Waals surface area contributed by atoms with Crippen LogP contribution in [-0.2, 0) is 30.8 Å². The van der Waals surface area contributed by atoms with Gasteiger partial charge in [0, 0.05) is 6.54 Å². The van der Waals surface area contributed by atoms with Crippen LogP contribution in [0.25, 0.3) is 0 Å². The maximum absolute atomic E-state index is 13.4. The number of nitrogens with one attached hydrogen (secondary N) is 1. The molecule has 188 valence electrons.